The largest absolute Gasteiger partial charge is 0.490 e. The number of aliphatic hydroxyl groups is 1. The lowest BCUT2D eigenvalue weighted by Crippen LogP contribution is -2.47. The first-order valence-corrected chi connectivity index (χ1v) is 15.5. The zero-order chi connectivity index (χ0) is 29.4. The van der Waals surface area contributed by atoms with Crippen LogP contribution < -0.4 is 9.46 Å². The van der Waals surface area contributed by atoms with Gasteiger partial charge >= 0.3 is 0 Å². The first-order valence-electron chi connectivity index (χ1n) is 13.7. The molecule has 1 aliphatic rings. The second kappa shape index (κ2) is 14.5. The van der Waals surface area contributed by atoms with Gasteiger partial charge in [-0.05, 0) is 89.7 Å². The Balaban J connectivity index is 2.02. The van der Waals surface area contributed by atoms with Gasteiger partial charge in [-0.2, -0.15) is 0 Å². The highest BCUT2D eigenvalue weighted by Gasteiger charge is 2.30. The minimum Gasteiger partial charge on any atom is -0.490 e. The van der Waals surface area contributed by atoms with E-state index in [0.29, 0.717) is 30.5 Å². The second-order valence-corrected chi connectivity index (χ2v) is 13.0. The molecule has 0 saturated heterocycles. The van der Waals surface area contributed by atoms with E-state index in [0.717, 1.165) is 19.3 Å². The van der Waals surface area contributed by atoms with E-state index in [2.05, 4.69) is 9.62 Å². The summed E-state index contributed by atoms with van der Waals surface area (Å²) in [4.78, 5) is 17.8. The highest BCUT2D eigenvalue weighted by molar-refractivity contribution is 7.92. The number of fused-ring (bicyclic) bond motifs is 1. The number of ether oxygens (including phenoxy) is 2. The number of benzene rings is 2. The van der Waals surface area contributed by atoms with Crippen LogP contribution in [-0.4, -0.2) is 87.9 Å². The van der Waals surface area contributed by atoms with E-state index in [-0.39, 0.29) is 46.8 Å². The number of likely N-dealkylation sites (N-methyl/N-ethyl adjacent to an activating group) is 1. The normalized spacial score (nSPS) is 22.2. The molecule has 40 heavy (non-hydrogen) atoms. The third kappa shape index (κ3) is 8.81. The number of nitrogens with zero attached hydrogens (tertiary/aromatic N) is 2. The van der Waals surface area contributed by atoms with Crippen LogP contribution in [0.25, 0.3) is 0 Å². The summed E-state index contributed by atoms with van der Waals surface area (Å²) in [6, 6.07) is 10.1. The Labute approximate surface area is 243 Å². The molecule has 2 aromatic rings. The molecule has 1 aliphatic heterocycles. The van der Waals surface area contributed by atoms with Crippen molar-refractivity contribution in [2.24, 2.45) is 5.92 Å². The van der Waals surface area contributed by atoms with Crippen LogP contribution in [0.5, 0.6) is 5.75 Å². The molecular weight excluding hydrogens is 554 g/mol. The Morgan fingerprint density at radius 3 is 2.50 bits per heavy atom. The molecule has 0 radical (unpaired) electrons. The SMILES string of the molecule is C[C@H]1CCCCO[C@H](CN(C)C)[C@@H](C)CN([C@@H](C)CO)C(=O)c2cc(NS(=O)(=O)c3ccc(Cl)cc3)ccc2O1. The molecule has 11 heteroatoms. The van der Waals surface area contributed by atoms with Gasteiger partial charge in [0.15, 0.2) is 0 Å². The van der Waals surface area contributed by atoms with Crippen LogP contribution in [-0.2, 0) is 14.8 Å². The quantitative estimate of drug-likeness (QED) is 0.485. The summed E-state index contributed by atoms with van der Waals surface area (Å²) in [6.45, 7) is 7.20. The molecule has 1 heterocycles. The second-order valence-electron chi connectivity index (χ2n) is 10.8. The van der Waals surface area contributed by atoms with E-state index in [1.165, 1.54) is 30.3 Å². The van der Waals surface area contributed by atoms with Gasteiger partial charge in [0, 0.05) is 36.3 Å². The molecule has 2 N–H and O–H groups in total. The van der Waals surface area contributed by atoms with E-state index in [1.807, 2.05) is 27.9 Å². The number of amides is 1. The molecule has 1 amide bonds. The molecule has 9 nitrogen and oxygen atoms in total. The van der Waals surface area contributed by atoms with Crippen molar-refractivity contribution in [1.82, 2.24) is 9.80 Å². The molecule has 2 aromatic carbocycles. The Hall–Kier alpha value is -2.37. The summed E-state index contributed by atoms with van der Waals surface area (Å²) in [5.41, 5.74) is 0.440. The number of halogens is 1. The third-order valence-electron chi connectivity index (χ3n) is 6.97. The smallest absolute Gasteiger partial charge is 0.261 e. The standard InChI is InChI=1S/C29H42ClN3O6S/c1-20-17-33(21(2)19-34)29(35)26-16-24(31-40(36,37)25-12-9-23(30)10-13-25)11-14-27(26)39-22(3)8-6-7-15-38-28(20)18-32(4)5/h9-14,16,20-22,28,31,34H,6-8,15,17-19H2,1-5H3/t20-,21-,22-,28+/m0/s1. The Kier molecular flexibility index (Phi) is 11.7. The molecule has 0 bridgehead atoms. The summed E-state index contributed by atoms with van der Waals surface area (Å²) in [5.74, 6) is -0.0186. The number of hydrogen-bond acceptors (Lipinski definition) is 7. The molecule has 0 aliphatic carbocycles. The molecule has 4 atom stereocenters. The lowest BCUT2D eigenvalue weighted by Gasteiger charge is -2.35. The van der Waals surface area contributed by atoms with Crippen LogP contribution in [0, 0.1) is 5.92 Å². The Morgan fingerprint density at radius 2 is 1.85 bits per heavy atom. The number of rotatable bonds is 7. The molecule has 0 aromatic heterocycles. The van der Waals surface area contributed by atoms with Crippen LogP contribution in [0.15, 0.2) is 47.4 Å². The van der Waals surface area contributed by atoms with Crippen LogP contribution >= 0.6 is 11.6 Å². The van der Waals surface area contributed by atoms with Crippen molar-refractivity contribution in [3.8, 4) is 5.75 Å². The van der Waals surface area contributed by atoms with E-state index >= 15 is 0 Å². The maximum absolute atomic E-state index is 14.1. The molecule has 222 valence electrons. The monoisotopic (exact) mass is 595 g/mol. The average molecular weight is 596 g/mol. The number of anilines is 1. The summed E-state index contributed by atoms with van der Waals surface area (Å²) < 4.78 is 41.1. The minimum atomic E-state index is -3.93. The van der Waals surface area contributed by atoms with Crippen molar-refractivity contribution in [2.45, 2.75) is 63.2 Å². The van der Waals surface area contributed by atoms with Crippen molar-refractivity contribution >= 4 is 33.2 Å². The van der Waals surface area contributed by atoms with Gasteiger partial charge in [0.1, 0.15) is 5.75 Å². The molecule has 0 fully saturated rings. The topological polar surface area (TPSA) is 108 Å². The van der Waals surface area contributed by atoms with Crippen molar-refractivity contribution in [3.63, 3.8) is 0 Å². The van der Waals surface area contributed by atoms with Crippen molar-refractivity contribution in [2.75, 3.05) is 45.1 Å². The molecular formula is C29H42ClN3O6S. The highest BCUT2D eigenvalue weighted by atomic mass is 35.5. The minimum absolute atomic E-state index is 0.0295. The first-order chi connectivity index (χ1) is 18.9. The van der Waals surface area contributed by atoms with Crippen molar-refractivity contribution in [3.05, 3.63) is 53.1 Å². The Bertz CT molecular complexity index is 1220. The number of aliphatic hydroxyl groups excluding tert-OH is 1. The van der Waals surface area contributed by atoms with E-state index < -0.39 is 16.1 Å². The van der Waals surface area contributed by atoms with Crippen LogP contribution in [0.4, 0.5) is 5.69 Å². The van der Waals surface area contributed by atoms with Crippen LogP contribution in [0.2, 0.25) is 5.02 Å². The number of sulfonamides is 1. The number of carbonyl (C=O) groups is 1. The number of carbonyl (C=O) groups excluding carboxylic acids is 1. The fourth-order valence-corrected chi connectivity index (χ4v) is 5.81. The van der Waals surface area contributed by atoms with E-state index in [1.54, 1.807) is 24.0 Å². The van der Waals surface area contributed by atoms with Gasteiger partial charge in [0.05, 0.1) is 35.3 Å². The maximum atomic E-state index is 14.1. The van der Waals surface area contributed by atoms with Gasteiger partial charge in [-0.25, -0.2) is 8.42 Å². The summed E-state index contributed by atoms with van der Waals surface area (Å²) >= 11 is 5.92. The predicted molar refractivity (Wildman–Crippen MR) is 158 cm³/mol. The molecule has 0 unspecified atom stereocenters. The van der Waals surface area contributed by atoms with Gasteiger partial charge in [-0.15, -0.1) is 0 Å². The molecule has 0 saturated carbocycles. The summed E-state index contributed by atoms with van der Waals surface area (Å²) in [5, 5.41) is 10.5. The maximum Gasteiger partial charge on any atom is 0.261 e. The van der Waals surface area contributed by atoms with Crippen molar-refractivity contribution in [1.29, 1.82) is 0 Å². The highest BCUT2D eigenvalue weighted by Crippen LogP contribution is 2.29. The lowest BCUT2D eigenvalue weighted by molar-refractivity contribution is -0.0137. The van der Waals surface area contributed by atoms with Crippen LogP contribution in [0.3, 0.4) is 0 Å². The predicted octanol–water partition coefficient (Wildman–Crippen LogP) is 4.50. The van der Waals surface area contributed by atoms with E-state index in [9.17, 15) is 18.3 Å². The van der Waals surface area contributed by atoms with Gasteiger partial charge in [-0.3, -0.25) is 9.52 Å². The molecule has 3 rings (SSSR count). The van der Waals surface area contributed by atoms with Crippen LogP contribution in [0.1, 0.15) is 50.4 Å². The lowest BCUT2D eigenvalue weighted by atomic mass is 10.0. The fourth-order valence-electron chi connectivity index (χ4n) is 4.64. The van der Waals surface area contributed by atoms with Crippen molar-refractivity contribution < 1.29 is 27.8 Å². The fraction of sp³-hybridized carbons (Fsp3) is 0.552. The number of hydrogen-bond donors (Lipinski definition) is 2. The van der Waals surface area contributed by atoms with Gasteiger partial charge < -0.3 is 24.4 Å². The molecule has 0 spiro atoms. The number of nitrogens with one attached hydrogen (secondary N) is 1. The zero-order valence-corrected chi connectivity index (χ0v) is 25.5. The van der Waals surface area contributed by atoms with Gasteiger partial charge in [0.25, 0.3) is 15.9 Å². The zero-order valence-electron chi connectivity index (χ0n) is 24.0. The summed E-state index contributed by atoms with van der Waals surface area (Å²) in [6.07, 6.45) is 2.28. The van der Waals surface area contributed by atoms with Gasteiger partial charge in [-0.1, -0.05) is 18.5 Å². The Morgan fingerprint density at radius 1 is 1.15 bits per heavy atom. The van der Waals surface area contributed by atoms with E-state index in [4.69, 9.17) is 21.1 Å². The third-order valence-corrected chi connectivity index (χ3v) is 8.62. The summed E-state index contributed by atoms with van der Waals surface area (Å²) in [7, 11) is 0.0459. The first kappa shape index (κ1) is 32.1. The van der Waals surface area contributed by atoms with Gasteiger partial charge in [0.2, 0.25) is 0 Å². The average Bonchev–Trinajstić information content (AvgIpc) is 2.90.